The summed E-state index contributed by atoms with van der Waals surface area (Å²) < 4.78 is 11.2. The van der Waals surface area contributed by atoms with Crippen LogP contribution in [0.4, 0.5) is 0 Å². The van der Waals surface area contributed by atoms with Crippen LogP contribution in [0.25, 0.3) is 0 Å². The van der Waals surface area contributed by atoms with Crippen LogP contribution in [0.5, 0.6) is 0 Å². The maximum absolute atomic E-state index is 13.1. The Bertz CT molecular complexity index is 1860. The van der Waals surface area contributed by atoms with Gasteiger partial charge in [0.2, 0.25) is 5.91 Å². The molecule has 7 atom stereocenters. The van der Waals surface area contributed by atoms with E-state index in [1.165, 1.54) is 51.4 Å². The second kappa shape index (κ2) is 57.8. The van der Waals surface area contributed by atoms with Crippen LogP contribution in [0.1, 0.15) is 213 Å². The number of aliphatic hydroxyl groups excluding tert-OH is 5. The lowest BCUT2D eigenvalue weighted by Gasteiger charge is -2.40. The molecule has 9 nitrogen and oxygen atoms in total. The number of hydrogen-bond acceptors (Lipinski definition) is 8. The molecule has 0 aliphatic carbocycles. The minimum Gasteiger partial charge on any atom is -0.394 e. The molecule has 7 unspecified atom stereocenters. The van der Waals surface area contributed by atoms with Gasteiger partial charge in [-0.15, -0.1) is 0 Å². The smallest absolute Gasteiger partial charge is 0.220 e. The number of allylic oxidation sites excluding steroid dienone is 27. The Labute approximate surface area is 488 Å². The number of carbonyl (C=O) groups excluding carboxylic acids is 1. The van der Waals surface area contributed by atoms with Gasteiger partial charge in [-0.1, -0.05) is 248 Å². The van der Waals surface area contributed by atoms with Crippen molar-refractivity contribution in [3.63, 3.8) is 0 Å². The molecule has 9 heteroatoms. The van der Waals surface area contributed by atoms with Crippen molar-refractivity contribution in [1.29, 1.82) is 0 Å². The number of amides is 1. The van der Waals surface area contributed by atoms with E-state index >= 15 is 0 Å². The van der Waals surface area contributed by atoms with Gasteiger partial charge < -0.3 is 40.3 Å². The van der Waals surface area contributed by atoms with Gasteiger partial charge in [-0.25, -0.2) is 0 Å². The van der Waals surface area contributed by atoms with Gasteiger partial charge in [-0.05, 0) is 128 Å². The predicted molar refractivity (Wildman–Crippen MR) is 340 cm³/mol. The second-order valence-corrected chi connectivity index (χ2v) is 20.7. The molecule has 1 aliphatic rings. The Balaban J connectivity index is 2.23. The first-order valence-electron chi connectivity index (χ1n) is 31.4. The third-order valence-electron chi connectivity index (χ3n) is 13.5. The molecule has 0 spiro atoms. The first-order chi connectivity index (χ1) is 39.3. The van der Waals surface area contributed by atoms with Crippen molar-refractivity contribution in [2.45, 2.75) is 256 Å². The molecule has 80 heavy (non-hydrogen) atoms. The van der Waals surface area contributed by atoms with E-state index in [4.69, 9.17) is 9.47 Å². The van der Waals surface area contributed by atoms with Gasteiger partial charge in [-0.2, -0.15) is 0 Å². The van der Waals surface area contributed by atoms with Crippen molar-refractivity contribution in [3.8, 4) is 0 Å². The van der Waals surface area contributed by atoms with Gasteiger partial charge in [-0.3, -0.25) is 4.79 Å². The summed E-state index contributed by atoms with van der Waals surface area (Å²) in [6.07, 6.45) is 85.7. The molecule has 0 aromatic carbocycles. The fourth-order valence-electron chi connectivity index (χ4n) is 8.60. The summed E-state index contributed by atoms with van der Waals surface area (Å²) in [5.74, 6) is -0.217. The third-order valence-corrected chi connectivity index (χ3v) is 13.5. The molecule has 1 amide bonds. The molecule has 0 saturated carbocycles. The minimum atomic E-state index is -1.59. The topological polar surface area (TPSA) is 149 Å². The molecular weight excluding hydrogens is 995 g/mol. The van der Waals surface area contributed by atoms with Crippen molar-refractivity contribution >= 4 is 5.91 Å². The highest BCUT2D eigenvalue weighted by molar-refractivity contribution is 5.76. The number of unbranched alkanes of at least 4 members (excludes halogenated alkanes) is 15. The first kappa shape index (κ1) is 73.6. The summed E-state index contributed by atoms with van der Waals surface area (Å²) in [7, 11) is 0. The monoisotopic (exact) mass is 1110 g/mol. The van der Waals surface area contributed by atoms with Crippen LogP contribution in [0, 0.1) is 0 Å². The zero-order chi connectivity index (χ0) is 57.9. The van der Waals surface area contributed by atoms with Gasteiger partial charge in [0.25, 0.3) is 0 Å². The van der Waals surface area contributed by atoms with Gasteiger partial charge in [0.1, 0.15) is 24.4 Å². The zero-order valence-electron chi connectivity index (χ0n) is 50.0. The molecule has 1 heterocycles. The van der Waals surface area contributed by atoms with E-state index in [2.05, 4.69) is 177 Å². The molecule has 0 aromatic rings. The Morgan fingerprint density at radius 1 is 0.438 bits per heavy atom. The van der Waals surface area contributed by atoms with Crippen LogP contribution in [-0.4, -0.2) is 87.5 Å². The predicted octanol–water partition coefficient (Wildman–Crippen LogP) is 16.6. The normalized spacial score (nSPS) is 19.7. The third kappa shape index (κ3) is 46.2. The molecule has 6 N–H and O–H groups in total. The largest absolute Gasteiger partial charge is 0.394 e. The molecule has 450 valence electrons. The van der Waals surface area contributed by atoms with Crippen LogP contribution in [0.2, 0.25) is 0 Å². The maximum Gasteiger partial charge on any atom is 0.220 e. The first-order valence-corrected chi connectivity index (χ1v) is 31.4. The minimum absolute atomic E-state index is 0.217. The molecular formula is C71H113NO8. The lowest BCUT2D eigenvalue weighted by Crippen LogP contribution is -2.60. The number of aliphatic hydroxyl groups is 5. The summed E-state index contributed by atoms with van der Waals surface area (Å²) in [5.41, 5.74) is 0. The second-order valence-electron chi connectivity index (χ2n) is 20.7. The van der Waals surface area contributed by atoms with Gasteiger partial charge in [0, 0.05) is 6.42 Å². The zero-order valence-corrected chi connectivity index (χ0v) is 50.0. The van der Waals surface area contributed by atoms with Crippen molar-refractivity contribution in [1.82, 2.24) is 5.32 Å². The maximum atomic E-state index is 13.1. The average Bonchev–Trinajstić information content (AvgIpc) is 3.46. The van der Waals surface area contributed by atoms with Gasteiger partial charge in [0.15, 0.2) is 6.29 Å². The molecule has 1 fully saturated rings. The Morgan fingerprint density at radius 2 is 0.787 bits per heavy atom. The van der Waals surface area contributed by atoms with Crippen LogP contribution >= 0.6 is 0 Å². The average molecular weight is 1110 g/mol. The molecule has 1 saturated heterocycles. The Kier molecular flexibility index (Phi) is 53.1. The van der Waals surface area contributed by atoms with Crippen LogP contribution in [-0.2, 0) is 14.3 Å². The van der Waals surface area contributed by atoms with Gasteiger partial charge in [0.05, 0.1) is 25.4 Å². The number of ether oxygens (including phenoxy) is 2. The van der Waals surface area contributed by atoms with E-state index in [-0.39, 0.29) is 12.5 Å². The van der Waals surface area contributed by atoms with Crippen LogP contribution in [0.3, 0.4) is 0 Å². The molecule has 0 bridgehead atoms. The molecule has 1 rings (SSSR count). The highest BCUT2D eigenvalue weighted by atomic mass is 16.7. The molecule has 0 aromatic heterocycles. The summed E-state index contributed by atoms with van der Waals surface area (Å²) in [6, 6.07) is -0.852. The van der Waals surface area contributed by atoms with E-state index in [1.807, 2.05) is 6.08 Å². The fraction of sp³-hybridized carbons (Fsp3) is 0.592. The van der Waals surface area contributed by atoms with Gasteiger partial charge >= 0.3 is 0 Å². The standard InChI is InChI=1S/C71H113NO8/c1-3-5-7-9-11-13-15-17-19-21-23-24-25-26-27-28-29-30-31-32-33-34-35-36-37-38-39-40-41-42-43-45-47-49-51-53-55-57-59-61-67(75)72-64(63-79-71-70(78)69(77)68(76)66(62-73)80-71)65(74)60-58-56-54-52-50-48-46-44-22-20-18-16-14-12-10-8-6-4-2/h5,7,11,13,17,19,22-24,26-27,29-30,32-33,35-36,38-39,41-42,44-45,47,50,52,58,60,64-66,68-71,73-74,76-78H,3-4,6,8-10,12,14-16,18,20-21,25,28,31,34,37,40,43,46,48-49,51,53-57,59,61-63H2,1-2H3,(H,72,75)/b7-5-,13-11-,19-17-,24-23-,27-26-,30-29-,33-32-,36-35-,39-38-,42-41-,44-22+,47-45-,52-50+,60-58+. The quantitative estimate of drug-likeness (QED) is 0.0261. The van der Waals surface area contributed by atoms with E-state index in [1.54, 1.807) is 6.08 Å². The summed E-state index contributed by atoms with van der Waals surface area (Å²) in [4.78, 5) is 13.1. The highest BCUT2D eigenvalue weighted by Crippen LogP contribution is 2.23. The van der Waals surface area contributed by atoms with Crippen molar-refractivity contribution < 1.29 is 39.8 Å². The lowest BCUT2D eigenvalue weighted by atomic mass is 9.99. The Morgan fingerprint density at radius 3 is 1.20 bits per heavy atom. The lowest BCUT2D eigenvalue weighted by molar-refractivity contribution is -0.302. The van der Waals surface area contributed by atoms with E-state index < -0.39 is 49.5 Å². The fourth-order valence-corrected chi connectivity index (χ4v) is 8.60. The number of nitrogens with one attached hydrogen (secondary N) is 1. The SMILES string of the molecule is CC/C=C\C/C=C\C/C=C\C/C=C\C/C=C\C/C=C\C/C=C\C/C=C\C/C=C\C/C=C\C/C=C\CCCCCCCC(=O)NC(COC1OC(CO)C(O)C(O)C1O)C(O)/C=C/CC/C=C/CC/C=C/CCCCCCCCCC. The van der Waals surface area contributed by atoms with Crippen molar-refractivity contribution in [3.05, 3.63) is 170 Å². The Hall–Kier alpha value is -4.45. The summed E-state index contributed by atoms with van der Waals surface area (Å²) >= 11 is 0. The van der Waals surface area contributed by atoms with Crippen molar-refractivity contribution in [2.24, 2.45) is 0 Å². The summed E-state index contributed by atoms with van der Waals surface area (Å²) in [6.45, 7) is 3.61. The summed E-state index contributed by atoms with van der Waals surface area (Å²) in [5, 5.41) is 54.5. The number of rotatable bonds is 51. The van der Waals surface area contributed by atoms with E-state index in [0.29, 0.717) is 19.3 Å². The van der Waals surface area contributed by atoms with Crippen LogP contribution in [0.15, 0.2) is 170 Å². The van der Waals surface area contributed by atoms with Crippen LogP contribution < -0.4 is 5.32 Å². The van der Waals surface area contributed by atoms with E-state index in [9.17, 15) is 30.3 Å². The molecule has 1 aliphatic heterocycles. The van der Waals surface area contributed by atoms with Crippen molar-refractivity contribution in [2.75, 3.05) is 13.2 Å². The molecule has 0 radical (unpaired) electrons. The highest BCUT2D eigenvalue weighted by Gasteiger charge is 2.44. The number of hydrogen-bond donors (Lipinski definition) is 6. The number of carbonyl (C=O) groups is 1. The van der Waals surface area contributed by atoms with E-state index in [0.717, 1.165) is 128 Å².